The summed E-state index contributed by atoms with van der Waals surface area (Å²) in [5.41, 5.74) is 3.02. The highest BCUT2D eigenvalue weighted by Crippen LogP contribution is 2.71. The lowest BCUT2D eigenvalue weighted by atomic mass is 9.93. The Hall–Kier alpha value is -2.55. The molecule has 4 nitrogen and oxygen atoms in total. The van der Waals surface area contributed by atoms with Gasteiger partial charge in [0.2, 0.25) is 0 Å². The third-order valence-electron chi connectivity index (χ3n) is 5.49. The lowest BCUT2D eigenvalue weighted by molar-refractivity contribution is 0.176. The van der Waals surface area contributed by atoms with Crippen molar-refractivity contribution in [3.05, 3.63) is 88.0 Å². The maximum Gasteiger partial charge on any atom is 0.303 e. The van der Waals surface area contributed by atoms with Crippen molar-refractivity contribution in [2.24, 2.45) is 0 Å². The summed E-state index contributed by atoms with van der Waals surface area (Å²) in [6.07, 6.45) is 4.75. The van der Waals surface area contributed by atoms with Gasteiger partial charge in [-0.25, -0.2) is 0 Å². The van der Waals surface area contributed by atoms with Crippen LogP contribution in [0.5, 0.6) is 5.75 Å². The Morgan fingerprint density at radius 3 is 2.59 bits per heavy atom. The second-order valence-electron chi connectivity index (χ2n) is 7.04. The van der Waals surface area contributed by atoms with Gasteiger partial charge in [0.05, 0.1) is 11.4 Å². The second-order valence-corrected chi connectivity index (χ2v) is 9.41. The number of rotatable bonds is 1. The Kier molecular flexibility index (Phi) is 3.68. The van der Waals surface area contributed by atoms with E-state index >= 15 is 0 Å². The maximum atomic E-state index is 14.2. The molecule has 2 N–H and O–H groups in total. The van der Waals surface area contributed by atoms with Crippen molar-refractivity contribution < 1.29 is 19.3 Å². The van der Waals surface area contributed by atoms with Crippen molar-refractivity contribution in [3.8, 4) is 5.75 Å². The predicted octanol–water partition coefficient (Wildman–Crippen LogP) is 5.78. The molecule has 0 spiro atoms. The molecule has 2 aliphatic carbocycles. The van der Waals surface area contributed by atoms with Crippen molar-refractivity contribution in [1.29, 1.82) is 0 Å². The Labute approximate surface area is 157 Å². The van der Waals surface area contributed by atoms with Crippen LogP contribution in [0, 0.1) is 0 Å². The maximum absolute atomic E-state index is 14.2. The summed E-state index contributed by atoms with van der Waals surface area (Å²) in [7, 11) is -3.50. The van der Waals surface area contributed by atoms with E-state index < -0.39 is 13.5 Å². The van der Waals surface area contributed by atoms with Crippen molar-refractivity contribution in [2.45, 2.75) is 25.4 Å². The molecule has 1 heterocycles. The molecule has 5 heteroatoms. The summed E-state index contributed by atoms with van der Waals surface area (Å²) < 4.78 is 20.3. The molecule has 0 radical (unpaired) electrons. The van der Waals surface area contributed by atoms with Gasteiger partial charge in [0, 0.05) is 22.9 Å². The zero-order chi connectivity index (χ0) is 18.6. The van der Waals surface area contributed by atoms with Gasteiger partial charge >= 0.3 is 7.37 Å². The molecule has 0 saturated heterocycles. The number of aliphatic hydroxyl groups excluding tert-OH is 2. The van der Waals surface area contributed by atoms with Gasteiger partial charge in [0.25, 0.3) is 0 Å². The molecule has 3 aliphatic rings. The summed E-state index contributed by atoms with van der Waals surface area (Å²) in [4.78, 5) is 0. The molecular formula is C22H19O4P. The lowest BCUT2D eigenvalue weighted by Crippen LogP contribution is -2.16. The minimum absolute atomic E-state index is 0.0278. The van der Waals surface area contributed by atoms with E-state index in [1.807, 2.05) is 30.3 Å². The van der Waals surface area contributed by atoms with Gasteiger partial charge in [-0.05, 0) is 30.0 Å². The molecular weight excluding hydrogens is 359 g/mol. The van der Waals surface area contributed by atoms with Gasteiger partial charge in [-0.3, -0.25) is 4.57 Å². The van der Waals surface area contributed by atoms with Crippen LogP contribution in [0.3, 0.4) is 0 Å². The molecule has 2 aromatic rings. The molecule has 0 amide bonds. The van der Waals surface area contributed by atoms with E-state index in [4.69, 9.17) is 4.52 Å². The Balaban J connectivity index is 1.76. The van der Waals surface area contributed by atoms with Crippen LogP contribution in [0.1, 0.15) is 42.1 Å². The van der Waals surface area contributed by atoms with Crippen molar-refractivity contribution >= 4 is 18.7 Å². The second kappa shape index (κ2) is 5.98. The molecule has 2 aromatic carbocycles. The van der Waals surface area contributed by atoms with Crippen LogP contribution in [0.2, 0.25) is 0 Å². The first kappa shape index (κ1) is 16.6. The van der Waals surface area contributed by atoms with Crippen LogP contribution in [0.25, 0.3) is 11.3 Å². The highest BCUT2D eigenvalue weighted by atomic mass is 31.2. The monoisotopic (exact) mass is 378 g/mol. The number of aliphatic hydroxyl groups is 2. The topological polar surface area (TPSA) is 66.8 Å². The summed E-state index contributed by atoms with van der Waals surface area (Å²) in [5, 5.41) is 22.6. The average Bonchev–Trinajstić information content (AvgIpc) is 2.71. The first-order valence-corrected chi connectivity index (χ1v) is 10.7. The molecule has 1 aliphatic heterocycles. The highest BCUT2D eigenvalue weighted by molar-refractivity contribution is 7.68. The summed E-state index contributed by atoms with van der Waals surface area (Å²) in [6.45, 7) is 0. The highest BCUT2D eigenvalue weighted by Gasteiger charge is 2.45. The third kappa shape index (κ3) is 2.37. The molecule has 0 bridgehead atoms. The van der Waals surface area contributed by atoms with Crippen LogP contribution >= 0.6 is 7.37 Å². The fourth-order valence-electron chi connectivity index (χ4n) is 4.19. The van der Waals surface area contributed by atoms with Crippen molar-refractivity contribution in [1.82, 2.24) is 0 Å². The largest absolute Gasteiger partial charge is 0.507 e. The van der Waals surface area contributed by atoms with Gasteiger partial charge in [-0.1, -0.05) is 54.6 Å². The quantitative estimate of drug-likeness (QED) is 0.617. The van der Waals surface area contributed by atoms with E-state index in [9.17, 15) is 14.8 Å². The van der Waals surface area contributed by atoms with Gasteiger partial charge in [-0.2, -0.15) is 0 Å². The van der Waals surface area contributed by atoms with Crippen LogP contribution in [-0.2, 0) is 4.57 Å². The number of fused-ring (bicyclic) bond motifs is 3. The molecule has 0 aromatic heterocycles. The van der Waals surface area contributed by atoms with Gasteiger partial charge < -0.3 is 14.7 Å². The van der Waals surface area contributed by atoms with E-state index in [1.165, 1.54) is 0 Å². The van der Waals surface area contributed by atoms with E-state index in [0.717, 1.165) is 22.9 Å². The standard InChI is InChI=1S/C22H19O4P/c23-18-13-21(22(24)17-10-2-1-7-14(17)18)27(25)20-12-6-4-9-16(20)15-8-3-5-11-19(15)26-27/h1-5,7-11,18,23-24H,6,12-13H2. The van der Waals surface area contributed by atoms with Crippen LogP contribution in [0.4, 0.5) is 0 Å². The fourth-order valence-corrected chi connectivity index (χ4v) is 6.92. The number of hydrogen-bond acceptors (Lipinski definition) is 4. The van der Waals surface area contributed by atoms with Crippen LogP contribution in [-0.4, -0.2) is 10.2 Å². The van der Waals surface area contributed by atoms with Gasteiger partial charge in [0.15, 0.2) is 0 Å². The Morgan fingerprint density at radius 1 is 1.00 bits per heavy atom. The average molecular weight is 378 g/mol. The molecule has 0 fully saturated rings. The molecule has 0 saturated carbocycles. The summed E-state index contributed by atoms with van der Waals surface area (Å²) in [5.74, 6) is 0.528. The summed E-state index contributed by atoms with van der Waals surface area (Å²) >= 11 is 0. The molecule has 5 rings (SSSR count). The molecule has 2 atom stereocenters. The van der Waals surface area contributed by atoms with E-state index in [0.29, 0.717) is 28.6 Å². The number of hydrogen-bond donors (Lipinski definition) is 2. The first-order valence-electron chi connectivity index (χ1n) is 9.09. The van der Waals surface area contributed by atoms with E-state index in [2.05, 4.69) is 6.08 Å². The Bertz CT molecular complexity index is 1090. The number of para-hydroxylation sites is 1. The Morgan fingerprint density at radius 2 is 1.74 bits per heavy atom. The SMILES string of the molecule is O=P1(C2=C(O)c3ccccc3C(O)C2)Oc2ccccc2C2=C1CCC=C2. The predicted molar refractivity (Wildman–Crippen MR) is 106 cm³/mol. The van der Waals surface area contributed by atoms with Gasteiger partial charge in [0.1, 0.15) is 11.5 Å². The fraction of sp³-hybridized carbons (Fsp3) is 0.182. The number of allylic oxidation sites excluding steroid dienone is 4. The van der Waals surface area contributed by atoms with E-state index in [-0.39, 0.29) is 12.2 Å². The first-order chi connectivity index (χ1) is 13.1. The minimum atomic E-state index is -3.50. The van der Waals surface area contributed by atoms with E-state index in [1.54, 1.807) is 24.3 Å². The molecule has 2 unspecified atom stereocenters. The van der Waals surface area contributed by atoms with Crippen molar-refractivity contribution in [3.63, 3.8) is 0 Å². The van der Waals surface area contributed by atoms with Gasteiger partial charge in [-0.15, -0.1) is 0 Å². The third-order valence-corrected chi connectivity index (χ3v) is 8.23. The zero-order valence-electron chi connectivity index (χ0n) is 14.6. The zero-order valence-corrected chi connectivity index (χ0v) is 15.5. The smallest absolute Gasteiger partial charge is 0.303 e. The lowest BCUT2D eigenvalue weighted by Gasteiger charge is -2.35. The van der Waals surface area contributed by atoms with Crippen molar-refractivity contribution in [2.75, 3.05) is 0 Å². The molecule has 27 heavy (non-hydrogen) atoms. The molecule has 136 valence electrons. The minimum Gasteiger partial charge on any atom is -0.507 e. The number of benzene rings is 2. The summed E-state index contributed by atoms with van der Waals surface area (Å²) in [6, 6.07) is 14.7. The van der Waals surface area contributed by atoms with Crippen LogP contribution < -0.4 is 4.52 Å². The normalized spacial score (nSPS) is 26.2. The van der Waals surface area contributed by atoms with Crippen LogP contribution in [0.15, 0.2) is 71.3 Å².